The van der Waals surface area contributed by atoms with Crippen molar-refractivity contribution < 1.29 is 17.9 Å². The molecule has 1 heterocycles. The van der Waals surface area contributed by atoms with E-state index in [0.29, 0.717) is 12.5 Å². The number of nitrogens with zero attached hydrogens (tertiary/aromatic N) is 2. The van der Waals surface area contributed by atoms with Crippen molar-refractivity contribution in [3.05, 3.63) is 29.8 Å². The molecule has 1 aromatic carbocycles. The molecule has 2 fully saturated rings. The summed E-state index contributed by atoms with van der Waals surface area (Å²) in [6.45, 7) is 2.52. The Kier molecular flexibility index (Phi) is 8.66. The van der Waals surface area contributed by atoms with Crippen molar-refractivity contribution in [2.24, 2.45) is 10.9 Å². The fourth-order valence-corrected chi connectivity index (χ4v) is 3.32. The van der Waals surface area contributed by atoms with E-state index < -0.39 is 12.8 Å². The summed E-state index contributed by atoms with van der Waals surface area (Å²) in [5, 5.41) is 6.61. The van der Waals surface area contributed by atoms with Gasteiger partial charge in [-0.1, -0.05) is 12.1 Å². The number of rotatable bonds is 7. The number of hydrogen-bond donors (Lipinski definition) is 2. The Labute approximate surface area is 181 Å². The molecule has 0 spiro atoms. The summed E-state index contributed by atoms with van der Waals surface area (Å²) in [7, 11) is 1.73. The average Bonchev–Trinajstić information content (AvgIpc) is 3.39. The van der Waals surface area contributed by atoms with Crippen molar-refractivity contribution in [2.75, 3.05) is 33.3 Å². The van der Waals surface area contributed by atoms with Crippen LogP contribution in [0.25, 0.3) is 0 Å². The highest BCUT2D eigenvalue weighted by Gasteiger charge is 2.34. The molecular formula is C19H28F3IN4O. The van der Waals surface area contributed by atoms with Gasteiger partial charge in [-0.05, 0) is 49.4 Å². The van der Waals surface area contributed by atoms with Gasteiger partial charge in [-0.3, -0.25) is 4.99 Å². The Balaban J connectivity index is 0.00000280. The predicted molar refractivity (Wildman–Crippen MR) is 114 cm³/mol. The fourth-order valence-electron chi connectivity index (χ4n) is 3.32. The van der Waals surface area contributed by atoms with Crippen LogP contribution in [0.2, 0.25) is 0 Å². The third kappa shape index (κ3) is 7.65. The highest BCUT2D eigenvalue weighted by atomic mass is 127. The van der Waals surface area contributed by atoms with E-state index in [-0.39, 0.29) is 29.7 Å². The van der Waals surface area contributed by atoms with Crippen LogP contribution in [0.15, 0.2) is 29.3 Å². The van der Waals surface area contributed by atoms with Crippen molar-refractivity contribution in [3.63, 3.8) is 0 Å². The van der Waals surface area contributed by atoms with Crippen LogP contribution < -0.4 is 15.4 Å². The van der Waals surface area contributed by atoms with Crippen molar-refractivity contribution in [3.8, 4) is 5.75 Å². The quantitative estimate of drug-likeness (QED) is 0.334. The maximum Gasteiger partial charge on any atom is 0.422 e. The molecule has 0 amide bonds. The SMILES string of the molecule is CN=C(NCc1ccc(OCC(F)(F)F)cc1)NCC1CCN(C2CC2)C1.I. The molecular weight excluding hydrogens is 484 g/mol. The maximum absolute atomic E-state index is 12.2. The Morgan fingerprint density at radius 1 is 1.18 bits per heavy atom. The van der Waals surface area contributed by atoms with E-state index in [9.17, 15) is 13.2 Å². The molecule has 1 saturated carbocycles. The van der Waals surface area contributed by atoms with E-state index in [1.54, 1.807) is 31.3 Å². The minimum Gasteiger partial charge on any atom is -0.484 e. The molecule has 2 aliphatic rings. The largest absolute Gasteiger partial charge is 0.484 e. The summed E-state index contributed by atoms with van der Waals surface area (Å²) >= 11 is 0. The lowest BCUT2D eigenvalue weighted by molar-refractivity contribution is -0.153. The lowest BCUT2D eigenvalue weighted by atomic mass is 10.1. The van der Waals surface area contributed by atoms with Gasteiger partial charge in [0.25, 0.3) is 0 Å². The Morgan fingerprint density at radius 2 is 1.89 bits per heavy atom. The van der Waals surface area contributed by atoms with Crippen LogP contribution in [-0.4, -0.2) is 56.4 Å². The number of likely N-dealkylation sites (tertiary alicyclic amines) is 1. The molecule has 0 radical (unpaired) electrons. The number of guanidine groups is 1. The first-order valence-electron chi connectivity index (χ1n) is 9.40. The molecule has 9 heteroatoms. The zero-order valence-corrected chi connectivity index (χ0v) is 18.3. The summed E-state index contributed by atoms with van der Waals surface area (Å²) in [6.07, 6.45) is -0.403. The molecule has 2 N–H and O–H groups in total. The minimum atomic E-state index is -4.33. The number of hydrogen-bond acceptors (Lipinski definition) is 3. The first-order chi connectivity index (χ1) is 12.9. The van der Waals surface area contributed by atoms with Gasteiger partial charge >= 0.3 is 6.18 Å². The number of alkyl halides is 3. The Morgan fingerprint density at radius 3 is 2.50 bits per heavy atom. The summed E-state index contributed by atoms with van der Waals surface area (Å²) < 4.78 is 41.2. The standard InChI is InChI=1S/C19H27F3N4O.HI/c1-23-18(25-11-15-8-9-26(12-15)16-4-5-16)24-10-14-2-6-17(7-3-14)27-13-19(20,21)22;/h2-3,6-7,15-16H,4-5,8-13H2,1H3,(H2,23,24,25);1H. The summed E-state index contributed by atoms with van der Waals surface area (Å²) in [6, 6.07) is 7.41. The zero-order chi connectivity index (χ0) is 19.3. The van der Waals surface area contributed by atoms with E-state index in [1.165, 1.54) is 25.8 Å². The molecule has 0 aromatic heterocycles. The topological polar surface area (TPSA) is 48.9 Å². The van der Waals surface area contributed by atoms with E-state index in [1.807, 2.05) is 0 Å². The zero-order valence-electron chi connectivity index (χ0n) is 16.0. The van der Waals surface area contributed by atoms with Gasteiger partial charge < -0.3 is 20.3 Å². The highest BCUT2D eigenvalue weighted by Crippen LogP contribution is 2.31. The molecule has 1 aliphatic carbocycles. The van der Waals surface area contributed by atoms with Gasteiger partial charge in [0, 0.05) is 32.7 Å². The van der Waals surface area contributed by atoms with Gasteiger partial charge in [0.15, 0.2) is 12.6 Å². The molecule has 1 aliphatic heterocycles. The smallest absolute Gasteiger partial charge is 0.422 e. The predicted octanol–water partition coefficient (Wildman–Crippen LogP) is 3.40. The summed E-state index contributed by atoms with van der Waals surface area (Å²) in [4.78, 5) is 6.82. The van der Waals surface area contributed by atoms with Crippen molar-refractivity contribution in [2.45, 2.75) is 38.0 Å². The molecule has 1 atom stereocenters. The number of benzene rings is 1. The van der Waals surface area contributed by atoms with Crippen molar-refractivity contribution >= 4 is 29.9 Å². The van der Waals surface area contributed by atoms with Crippen molar-refractivity contribution in [1.29, 1.82) is 0 Å². The van der Waals surface area contributed by atoms with Crippen LogP contribution >= 0.6 is 24.0 Å². The number of aliphatic imine (C=N–C) groups is 1. The lowest BCUT2D eigenvalue weighted by Crippen LogP contribution is -2.40. The summed E-state index contributed by atoms with van der Waals surface area (Å²) in [5.41, 5.74) is 0.943. The first kappa shape index (κ1) is 23.1. The fraction of sp³-hybridized carbons (Fsp3) is 0.632. The second-order valence-electron chi connectivity index (χ2n) is 7.24. The van der Waals surface area contributed by atoms with Crippen LogP contribution in [0.1, 0.15) is 24.8 Å². The molecule has 3 rings (SSSR count). The summed E-state index contributed by atoms with van der Waals surface area (Å²) in [5.74, 6) is 1.59. The Bertz CT molecular complexity index is 635. The normalized spacial score (nSPS) is 20.6. The second kappa shape index (κ2) is 10.5. The van der Waals surface area contributed by atoms with E-state index in [0.717, 1.165) is 30.7 Å². The number of halogens is 4. The molecule has 1 saturated heterocycles. The highest BCUT2D eigenvalue weighted by molar-refractivity contribution is 14.0. The van der Waals surface area contributed by atoms with Crippen LogP contribution in [0.3, 0.4) is 0 Å². The first-order valence-corrected chi connectivity index (χ1v) is 9.40. The third-order valence-electron chi connectivity index (χ3n) is 4.95. The van der Waals surface area contributed by atoms with Gasteiger partial charge in [0.2, 0.25) is 0 Å². The molecule has 1 unspecified atom stereocenters. The molecule has 0 bridgehead atoms. The van der Waals surface area contributed by atoms with Gasteiger partial charge in [0.1, 0.15) is 5.75 Å². The third-order valence-corrected chi connectivity index (χ3v) is 4.95. The van der Waals surface area contributed by atoms with Gasteiger partial charge in [-0.25, -0.2) is 0 Å². The van der Waals surface area contributed by atoms with Gasteiger partial charge in [0.05, 0.1) is 0 Å². The van der Waals surface area contributed by atoms with Crippen molar-refractivity contribution in [1.82, 2.24) is 15.5 Å². The van der Waals surface area contributed by atoms with E-state index in [4.69, 9.17) is 4.74 Å². The minimum absolute atomic E-state index is 0. The second-order valence-corrected chi connectivity index (χ2v) is 7.24. The van der Waals surface area contributed by atoms with Gasteiger partial charge in [-0.15, -0.1) is 24.0 Å². The van der Waals surface area contributed by atoms with Crippen LogP contribution in [0.5, 0.6) is 5.75 Å². The monoisotopic (exact) mass is 512 g/mol. The molecule has 158 valence electrons. The average molecular weight is 512 g/mol. The van der Waals surface area contributed by atoms with Crippen LogP contribution in [0, 0.1) is 5.92 Å². The molecule has 1 aromatic rings. The Hall–Kier alpha value is -1.23. The number of ether oxygens (including phenoxy) is 1. The van der Waals surface area contributed by atoms with Crippen LogP contribution in [-0.2, 0) is 6.54 Å². The van der Waals surface area contributed by atoms with E-state index in [2.05, 4.69) is 20.5 Å². The van der Waals surface area contributed by atoms with Crippen LogP contribution in [0.4, 0.5) is 13.2 Å². The molecule has 5 nitrogen and oxygen atoms in total. The molecule has 28 heavy (non-hydrogen) atoms. The maximum atomic E-state index is 12.2. The van der Waals surface area contributed by atoms with E-state index >= 15 is 0 Å². The van der Waals surface area contributed by atoms with Gasteiger partial charge in [-0.2, -0.15) is 13.2 Å². The lowest BCUT2D eigenvalue weighted by Gasteiger charge is -2.17. The number of nitrogens with one attached hydrogen (secondary N) is 2.